The predicted molar refractivity (Wildman–Crippen MR) is 82.3 cm³/mol. The highest BCUT2D eigenvalue weighted by Gasteiger charge is 2.12. The first-order valence-corrected chi connectivity index (χ1v) is 7.49. The van der Waals surface area contributed by atoms with Crippen LogP contribution in [-0.2, 0) is 13.0 Å². The van der Waals surface area contributed by atoms with Gasteiger partial charge in [0.1, 0.15) is 0 Å². The predicted octanol–water partition coefficient (Wildman–Crippen LogP) is 2.70. The summed E-state index contributed by atoms with van der Waals surface area (Å²) in [6, 6.07) is 6.76. The summed E-state index contributed by atoms with van der Waals surface area (Å²) in [6.45, 7) is 2.59. The van der Waals surface area contributed by atoms with Gasteiger partial charge in [-0.3, -0.25) is 4.57 Å². The number of benzene rings is 1. The van der Waals surface area contributed by atoms with Gasteiger partial charge in [0.15, 0.2) is 0 Å². The Morgan fingerprint density at radius 1 is 1.38 bits per heavy atom. The van der Waals surface area contributed by atoms with Crippen molar-refractivity contribution in [1.82, 2.24) is 9.55 Å². The third-order valence-electron chi connectivity index (χ3n) is 3.54. The Morgan fingerprint density at radius 2 is 2.19 bits per heavy atom. The summed E-state index contributed by atoms with van der Waals surface area (Å²) in [5.74, 6) is -1.00. The summed E-state index contributed by atoms with van der Waals surface area (Å²) >= 11 is 1.63. The Balaban J connectivity index is 2.09. The fourth-order valence-corrected chi connectivity index (χ4v) is 3.38. The molecule has 0 aliphatic carbocycles. The molecule has 0 bridgehead atoms. The molecule has 108 valence electrons. The van der Waals surface area contributed by atoms with Crippen molar-refractivity contribution in [2.24, 2.45) is 0 Å². The normalized spacial score (nSPS) is 11.1. The largest absolute Gasteiger partial charge is 0.478 e. The van der Waals surface area contributed by atoms with Gasteiger partial charge in [0, 0.05) is 4.88 Å². The quantitative estimate of drug-likeness (QED) is 0.778. The second-order valence-electron chi connectivity index (χ2n) is 4.78. The average Bonchev–Trinajstić information content (AvgIpc) is 3.03. The van der Waals surface area contributed by atoms with E-state index in [1.807, 2.05) is 5.38 Å². The number of carboxylic acid groups (broad SMARTS) is 1. The Morgan fingerprint density at radius 3 is 2.90 bits per heavy atom. The molecule has 5 nitrogen and oxygen atoms in total. The molecule has 2 aromatic heterocycles. The number of H-pyrrole nitrogens is 1. The van der Waals surface area contributed by atoms with Gasteiger partial charge in [-0.2, -0.15) is 0 Å². The molecule has 0 atom stereocenters. The zero-order valence-corrected chi connectivity index (χ0v) is 12.2. The van der Waals surface area contributed by atoms with E-state index in [2.05, 4.69) is 18.0 Å². The van der Waals surface area contributed by atoms with Crippen LogP contribution in [0.3, 0.4) is 0 Å². The fourth-order valence-electron chi connectivity index (χ4n) is 2.42. The highest BCUT2D eigenvalue weighted by Crippen LogP contribution is 2.20. The molecule has 2 heterocycles. The van der Waals surface area contributed by atoms with Crippen molar-refractivity contribution in [2.45, 2.75) is 19.9 Å². The van der Waals surface area contributed by atoms with E-state index in [9.17, 15) is 9.59 Å². The molecule has 0 amide bonds. The van der Waals surface area contributed by atoms with Crippen molar-refractivity contribution in [1.29, 1.82) is 0 Å². The number of aromatic nitrogens is 2. The third kappa shape index (κ3) is 2.38. The second-order valence-corrected chi connectivity index (χ2v) is 5.78. The minimum atomic E-state index is -1.00. The van der Waals surface area contributed by atoms with Crippen LogP contribution in [0.1, 0.15) is 27.7 Å². The van der Waals surface area contributed by atoms with Crippen molar-refractivity contribution < 1.29 is 9.90 Å². The van der Waals surface area contributed by atoms with Gasteiger partial charge in [-0.05, 0) is 41.6 Å². The first-order chi connectivity index (χ1) is 10.1. The van der Waals surface area contributed by atoms with Gasteiger partial charge in [-0.15, -0.1) is 11.3 Å². The van der Waals surface area contributed by atoms with Crippen LogP contribution in [0, 0.1) is 0 Å². The summed E-state index contributed by atoms with van der Waals surface area (Å²) in [5.41, 5.74) is 2.46. The molecule has 2 N–H and O–H groups in total. The Bertz CT molecular complexity index is 873. The summed E-state index contributed by atoms with van der Waals surface area (Å²) in [7, 11) is 0. The molecule has 3 aromatic rings. The lowest BCUT2D eigenvalue weighted by Crippen LogP contribution is -2.17. The molecule has 21 heavy (non-hydrogen) atoms. The van der Waals surface area contributed by atoms with E-state index in [0.29, 0.717) is 12.1 Å². The number of rotatable bonds is 4. The number of carboxylic acids is 1. The van der Waals surface area contributed by atoms with Gasteiger partial charge in [0.05, 0.1) is 23.1 Å². The van der Waals surface area contributed by atoms with Crippen LogP contribution in [-0.4, -0.2) is 20.6 Å². The molecule has 0 aliphatic rings. The highest BCUT2D eigenvalue weighted by molar-refractivity contribution is 7.10. The number of nitrogens with one attached hydrogen (secondary N) is 1. The second kappa shape index (κ2) is 5.21. The maximum atomic E-state index is 12.1. The topological polar surface area (TPSA) is 75.1 Å². The standard InChI is InChI=1S/C15H14N2O3S/c1-2-9-5-6-21-13(9)8-17-12-4-3-10(14(18)19)7-11(12)16-15(17)20/h3-7H,2,8H2,1H3,(H,16,20)(H,18,19). The van der Waals surface area contributed by atoms with E-state index in [1.54, 1.807) is 22.0 Å². The monoisotopic (exact) mass is 302 g/mol. The van der Waals surface area contributed by atoms with Gasteiger partial charge in [-0.25, -0.2) is 9.59 Å². The van der Waals surface area contributed by atoms with E-state index in [4.69, 9.17) is 5.11 Å². The van der Waals surface area contributed by atoms with E-state index in [0.717, 1.165) is 16.8 Å². The minimum absolute atomic E-state index is 0.168. The fraction of sp³-hybridized carbons (Fsp3) is 0.200. The molecule has 1 aromatic carbocycles. The summed E-state index contributed by atoms with van der Waals surface area (Å²) in [6.07, 6.45) is 0.930. The van der Waals surface area contributed by atoms with Gasteiger partial charge < -0.3 is 10.1 Å². The Hall–Kier alpha value is -2.34. The maximum Gasteiger partial charge on any atom is 0.335 e. The third-order valence-corrected chi connectivity index (χ3v) is 4.49. The number of aromatic amines is 1. The number of aryl methyl sites for hydroxylation is 1. The molecule has 0 unspecified atom stereocenters. The number of hydrogen-bond acceptors (Lipinski definition) is 3. The Kier molecular flexibility index (Phi) is 3.39. The van der Waals surface area contributed by atoms with Crippen LogP contribution < -0.4 is 5.69 Å². The lowest BCUT2D eigenvalue weighted by atomic mass is 10.2. The first-order valence-electron chi connectivity index (χ1n) is 6.61. The molecular weight excluding hydrogens is 288 g/mol. The molecule has 6 heteroatoms. The molecule has 0 radical (unpaired) electrons. The van der Waals surface area contributed by atoms with Crippen LogP contribution in [0.25, 0.3) is 11.0 Å². The number of imidazole rings is 1. The first kappa shape index (κ1) is 13.6. The van der Waals surface area contributed by atoms with Gasteiger partial charge in [0.2, 0.25) is 0 Å². The number of fused-ring (bicyclic) bond motifs is 1. The Labute approximate surface area is 124 Å². The van der Waals surface area contributed by atoms with Crippen molar-refractivity contribution >= 4 is 28.3 Å². The number of hydrogen-bond donors (Lipinski definition) is 2. The summed E-state index contributed by atoms with van der Waals surface area (Å²) < 4.78 is 1.64. The smallest absolute Gasteiger partial charge is 0.335 e. The molecule has 0 saturated heterocycles. The lowest BCUT2D eigenvalue weighted by molar-refractivity contribution is 0.0697. The van der Waals surface area contributed by atoms with Gasteiger partial charge >= 0.3 is 11.7 Å². The minimum Gasteiger partial charge on any atom is -0.478 e. The van der Waals surface area contributed by atoms with Gasteiger partial charge in [0.25, 0.3) is 0 Å². The molecule has 0 aliphatic heterocycles. The number of thiophene rings is 1. The summed E-state index contributed by atoms with van der Waals surface area (Å²) in [4.78, 5) is 27.0. The zero-order chi connectivity index (χ0) is 15.0. The van der Waals surface area contributed by atoms with Crippen LogP contribution in [0.5, 0.6) is 0 Å². The van der Waals surface area contributed by atoms with Crippen molar-refractivity contribution in [3.63, 3.8) is 0 Å². The van der Waals surface area contributed by atoms with E-state index >= 15 is 0 Å². The number of aromatic carboxylic acids is 1. The van der Waals surface area contributed by atoms with E-state index < -0.39 is 5.97 Å². The highest BCUT2D eigenvalue weighted by atomic mass is 32.1. The van der Waals surface area contributed by atoms with Crippen LogP contribution in [0.4, 0.5) is 0 Å². The molecule has 3 rings (SSSR count). The molecule has 0 spiro atoms. The van der Waals surface area contributed by atoms with Crippen molar-refractivity contribution in [2.75, 3.05) is 0 Å². The number of nitrogens with zero attached hydrogens (tertiary/aromatic N) is 1. The number of carbonyl (C=O) groups is 1. The zero-order valence-electron chi connectivity index (χ0n) is 11.4. The van der Waals surface area contributed by atoms with Crippen LogP contribution in [0.2, 0.25) is 0 Å². The van der Waals surface area contributed by atoms with Crippen molar-refractivity contribution in [3.8, 4) is 0 Å². The average molecular weight is 302 g/mol. The summed E-state index contributed by atoms with van der Waals surface area (Å²) in [5, 5.41) is 11.0. The van der Waals surface area contributed by atoms with Gasteiger partial charge in [-0.1, -0.05) is 6.92 Å². The lowest BCUT2D eigenvalue weighted by Gasteiger charge is -2.04. The van der Waals surface area contributed by atoms with E-state index in [-0.39, 0.29) is 11.3 Å². The SMILES string of the molecule is CCc1ccsc1Cn1c(=O)[nH]c2cc(C(=O)O)ccc21. The van der Waals surface area contributed by atoms with Crippen LogP contribution in [0.15, 0.2) is 34.4 Å². The van der Waals surface area contributed by atoms with Crippen molar-refractivity contribution in [3.05, 3.63) is 56.1 Å². The molecular formula is C15H14N2O3S. The molecule has 0 saturated carbocycles. The van der Waals surface area contributed by atoms with E-state index in [1.165, 1.54) is 17.7 Å². The maximum absolute atomic E-state index is 12.1. The van der Waals surface area contributed by atoms with Crippen LogP contribution >= 0.6 is 11.3 Å². The molecule has 0 fully saturated rings.